The summed E-state index contributed by atoms with van der Waals surface area (Å²) in [5, 5.41) is 19.4. The Labute approximate surface area is 289 Å². The highest BCUT2D eigenvalue weighted by Crippen LogP contribution is 2.37. The number of pyridine rings is 1. The summed E-state index contributed by atoms with van der Waals surface area (Å²) in [5.74, 6) is 0.833. The molecule has 2 saturated heterocycles. The molecule has 2 amide bonds. The van der Waals surface area contributed by atoms with Crippen LogP contribution in [0.15, 0.2) is 79.3 Å². The van der Waals surface area contributed by atoms with E-state index in [-0.39, 0.29) is 36.8 Å². The first-order valence-electron chi connectivity index (χ1n) is 16.8. The second-order valence-corrected chi connectivity index (χ2v) is 13.3. The molecule has 12 nitrogen and oxygen atoms in total. The molecule has 258 valence electrons. The maximum Gasteiger partial charge on any atom is 0.237 e. The average molecular weight is 678 g/mol. The lowest BCUT2D eigenvalue weighted by Gasteiger charge is -2.41. The molecule has 2 N–H and O–H groups in total. The lowest BCUT2D eigenvalue weighted by Crippen LogP contribution is -2.56. The molecule has 3 aromatic heterocycles. The summed E-state index contributed by atoms with van der Waals surface area (Å²) in [6.45, 7) is 6.45. The van der Waals surface area contributed by atoms with Crippen molar-refractivity contribution < 1.29 is 19.1 Å². The molecule has 5 aromatic rings. The van der Waals surface area contributed by atoms with Crippen LogP contribution in [0.4, 0.5) is 15.9 Å². The van der Waals surface area contributed by atoms with Crippen LogP contribution in [0.25, 0.3) is 33.5 Å². The number of rotatable bonds is 8. The second kappa shape index (κ2) is 13.6. The standard InChI is InChI=1S/C37H40FN9O3/c1-24-21-46(32-12-7-27(20-41-32)35-39-14-4-15-40-35)17-18-47(24)33(49)22-45-16-13-37(23-45,25(2)48)36(50)42-29-10-11-31-30(19-29)34(43-44(31)3)26-5-8-28(38)9-6-26/h4-12,14-15,19-20,24-25,48H,13,16-18,21-23H2,1-3H3,(H,42,50)/t24-,25?,37?/m1/s1. The molecular weight excluding hydrogens is 637 g/mol. The van der Waals surface area contributed by atoms with Crippen molar-refractivity contribution in [2.24, 2.45) is 12.5 Å². The Morgan fingerprint density at radius 3 is 2.48 bits per heavy atom. The minimum absolute atomic E-state index is 0.00108. The Kier molecular flexibility index (Phi) is 9.02. The molecule has 0 saturated carbocycles. The number of nitrogens with one attached hydrogen (secondary N) is 1. The predicted molar refractivity (Wildman–Crippen MR) is 189 cm³/mol. The Hall–Kier alpha value is -5.27. The van der Waals surface area contributed by atoms with Crippen molar-refractivity contribution in [1.82, 2.24) is 34.5 Å². The van der Waals surface area contributed by atoms with E-state index in [0.717, 1.165) is 27.8 Å². The molecule has 50 heavy (non-hydrogen) atoms. The lowest BCUT2D eigenvalue weighted by atomic mass is 9.80. The van der Waals surface area contributed by atoms with E-state index in [4.69, 9.17) is 0 Å². The van der Waals surface area contributed by atoms with Crippen molar-refractivity contribution in [3.63, 3.8) is 0 Å². The van der Waals surface area contributed by atoms with E-state index < -0.39 is 11.5 Å². The quantitative estimate of drug-likeness (QED) is 0.250. The normalized spacial score (nSPS) is 20.3. The Morgan fingerprint density at radius 2 is 1.78 bits per heavy atom. The van der Waals surface area contributed by atoms with E-state index in [2.05, 4.69) is 30.3 Å². The number of fused-ring (bicyclic) bond motifs is 1. The molecular formula is C37H40FN9O3. The van der Waals surface area contributed by atoms with Gasteiger partial charge in [0.25, 0.3) is 0 Å². The number of amides is 2. The number of aliphatic hydroxyl groups is 1. The van der Waals surface area contributed by atoms with Crippen LogP contribution in [0.1, 0.15) is 20.3 Å². The van der Waals surface area contributed by atoms with Crippen LogP contribution in [0.5, 0.6) is 0 Å². The number of nitrogens with zero attached hydrogens (tertiary/aromatic N) is 8. The van der Waals surface area contributed by atoms with E-state index in [1.165, 1.54) is 12.1 Å². The van der Waals surface area contributed by atoms with Gasteiger partial charge in [-0.2, -0.15) is 5.10 Å². The Balaban J connectivity index is 0.985. The number of likely N-dealkylation sites (tertiary alicyclic amines) is 1. The smallest absolute Gasteiger partial charge is 0.237 e. The van der Waals surface area contributed by atoms with Crippen molar-refractivity contribution in [3.05, 3.63) is 85.1 Å². The van der Waals surface area contributed by atoms with Crippen LogP contribution in [0, 0.1) is 11.2 Å². The van der Waals surface area contributed by atoms with Crippen molar-refractivity contribution in [1.29, 1.82) is 0 Å². The summed E-state index contributed by atoms with van der Waals surface area (Å²) in [6.07, 6.45) is 4.65. The highest BCUT2D eigenvalue weighted by Gasteiger charge is 2.49. The van der Waals surface area contributed by atoms with Gasteiger partial charge in [0.05, 0.1) is 23.6 Å². The van der Waals surface area contributed by atoms with Gasteiger partial charge in [-0.25, -0.2) is 19.3 Å². The Morgan fingerprint density at radius 1 is 1.02 bits per heavy atom. The van der Waals surface area contributed by atoms with E-state index >= 15 is 0 Å². The number of anilines is 2. The first-order chi connectivity index (χ1) is 24.1. The number of benzene rings is 2. The Bertz CT molecular complexity index is 2000. The van der Waals surface area contributed by atoms with E-state index in [0.29, 0.717) is 49.8 Å². The number of aromatic nitrogens is 5. The van der Waals surface area contributed by atoms with Crippen molar-refractivity contribution in [2.45, 2.75) is 32.4 Å². The molecule has 2 aliphatic rings. The summed E-state index contributed by atoms with van der Waals surface area (Å²) < 4.78 is 15.3. The summed E-state index contributed by atoms with van der Waals surface area (Å²) in [4.78, 5) is 46.7. The van der Waals surface area contributed by atoms with Crippen molar-refractivity contribution in [2.75, 3.05) is 49.5 Å². The SMILES string of the molecule is CC(O)C1(C(=O)Nc2ccc3c(c2)c(-c2ccc(F)cc2)nn3C)CCN(CC(=O)N2CCN(c3ccc(-c4ncccn4)cn3)C[C@H]2C)C1. The van der Waals surface area contributed by atoms with E-state index in [1.807, 2.05) is 54.1 Å². The highest BCUT2D eigenvalue weighted by atomic mass is 19.1. The van der Waals surface area contributed by atoms with E-state index in [1.54, 1.807) is 48.4 Å². The summed E-state index contributed by atoms with van der Waals surface area (Å²) in [7, 11) is 1.84. The molecule has 0 spiro atoms. The fourth-order valence-corrected chi connectivity index (χ4v) is 7.16. The van der Waals surface area contributed by atoms with Gasteiger partial charge < -0.3 is 20.2 Å². The minimum Gasteiger partial charge on any atom is -0.392 e. The highest BCUT2D eigenvalue weighted by molar-refractivity contribution is 6.00. The average Bonchev–Trinajstić information content (AvgIpc) is 3.70. The van der Waals surface area contributed by atoms with Crippen LogP contribution >= 0.6 is 0 Å². The third-order valence-electron chi connectivity index (χ3n) is 10.1. The van der Waals surface area contributed by atoms with Crippen LogP contribution in [0.2, 0.25) is 0 Å². The molecule has 5 heterocycles. The second-order valence-electron chi connectivity index (χ2n) is 13.3. The summed E-state index contributed by atoms with van der Waals surface area (Å²) in [6, 6.07) is 17.3. The minimum atomic E-state index is -1.09. The van der Waals surface area contributed by atoms with Crippen LogP contribution in [-0.2, 0) is 16.6 Å². The number of carbonyl (C=O) groups is 2. The number of piperazine rings is 1. The van der Waals surface area contributed by atoms with Crippen LogP contribution < -0.4 is 10.2 Å². The molecule has 3 atom stereocenters. The fraction of sp³-hybridized carbons (Fsp3) is 0.351. The van der Waals surface area contributed by atoms with Crippen molar-refractivity contribution in [3.8, 4) is 22.6 Å². The molecule has 0 radical (unpaired) electrons. The first-order valence-corrected chi connectivity index (χ1v) is 16.8. The largest absolute Gasteiger partial charge is 0.392 e. The molecule has 0 bridgehead atoms. The zero-order valence-corrected chi connectivity index (χ0v) is 28.3. The number of hydrogen-bond acceptors (Lipinski definition) is 9. The fourth-order valence-electron chi connectivity index (χ4n) is 7.16. The van der Waals surface area contributed by atoms with Gasteiger partial charge in [-0.3, -0.25) is 19.2 Å². The molecule has 2 fully saturated rings. The van der Waals surface area contributed by atoms with Gasteiger partial charge in [0.15, 0.2) is 5.82 Å². The van der Waals surface area contributed by atoms with Gasteiger partial charge in [-0.15, -0.1) is 0 Å². The summed E-state index contributed by atoms with van der Waals surface area (Å²) in [5.41, 5.74) is 2.62. The molecule has 2 aliphatic heterocycles. The van der Waals surface area contributed by atoms with Gasteiger partial charge in [0.2, 0.25) is 11.8 Å². The zero-order valence-electron chi connectivity index (χ0n) is 28.3. The van der Waals surface area contributed by atoms with Crippen LogP contribution in [-0.4, -0.2) is 103 Å². The van der Waals surface area contributed by atoms with Gasteiger partial charge >= 0.3 is 0 Å². The summed E-state index contributed by atoms with van der Waals surface area (Å²) >= 11 is 0. The molecule has 2 aromatic carbocycles. The van der Waals surface area contributed by atoms with Gasteiger partial charge in [-0.1, -0.05) is 0 Å². The van der Waals surface area contributed by atoms with Crippen LogP contribution in [0.3, 0.4) is 0 Å². The number of carbonyl (C=O) groups excluding carboxylic acids is 2. The van der Waals surface area contributed by atoms with Gasteiger partial charge in [0, 0.05) is 80.1 Å². The molecule has 2 unspecified atom stereocenters. The maximum absolute atomic E-state index is 13.9. The topological polar surface area (TPSA) is 133 Å². The number of hydrogen-bond donors (Lipinski definition) is 2. The van der Waals surface area contributed by atoms with Crippen molar-refractivity contribution >= 4 is 34.2 Å². The zero-order chi connectivity index (χ0) is 35.0. The first kappa shape index (κ1) is 33.2. The molecule has 13 heteroatoms. The van der Waals surface area contributed by atoms with Gasteiger partial charge in [0.1, 0.15) is 17.3 Å². The number of aliphatic hydroxyl groups excluding tert-OH is 1. The molecule has 0 aliphatic carbocycles. The molecule has 7 rings (SSSR count). The third-order valence-corrected chi connectivity index (χ3v) is 10.1. The maximum atomic E-state index is 13.9. The van der Waals surface area contributed by atoms with E-state index in [9.17, 15) is 19.1 Å². The lowest BCUT2D eigenvalue weighted by molar-refractivity contribution is -0.136. The third kappa shape index (κ3) is 6.41. The monoisotopic (exact) mass is 677 g/mol. The number of halogens is 1. The number of aryl methyl sites for hydroxylation is 1. The van der Waals surface area contributed by atoms with Gasteiger partial charge in [-0.05, 0) is 87.5 Å². The predicted octanol–water partition coefficient (Wildman–Crippen LogP) is 3.98.